The van der Waals surface area contributed by atoms with Crippen LogP contribution in [0.2, 0.25) is 0 Å². The number of hydrogen-bond acceptors (Lipinski definition) is 3. The van der Waals surface area contributed by atoms with Crippen LogP contribution in [0.5, 0.6) is 0 Å². The molecule has 1 aromatic rings. The number of nitrogens with one attached hydrogen (secondary N) is 2. The van der Waals surface area contributed by atoms with E-state index in [1.54, 1.807) is 0 Å². The summed E-state index contributed by atoms with van der Waals surface area (Å²) in [7, 11) is 3.78. The van der Waals surface area contributed by atoms with Gasteiger partial charge in [0.05, 0.1) is 12.2 Å². The molecule has 1 aromatic heterocycles. The molecule has 2 heterocycles. The number of aromatic nitrogens is 2. The highest BCUT2D eigenvalue weighted by atomic mass is 127. The normalized spacial score (nSPS) is 23.0. The Bertz CT molecular complexity index is 482. The molecular weight excluding hydrogens is 379 g/mol. The molecule has 7 heteroatoms. The standard InChI is InChI=1S/C14H24N6.HI/c1-15-14(16-9-13-5-7-17-19(13)2)18-11-6-8-20(10-11)12-3-4-12;/h5,7,11-12H,3-4,6,8-10H2,1-2H3,(H2,15,16,18);1H. The summed E-state index contributed by atoms with van der Waals surface area (Å²) < 4.78 is 1.88. The van der Waals surface area contributed by atoms with Crippen molar-refractivity contribution in [3.63, 3.8) is 0 Å². The number of aryl methyl sites for hydroxylation is 1. The van der Waals surface area contributed by atoms with E-state index in [-0.39, 0.29) is 24.0 Å². The van der Waals surface area contributed by atoms with E-state index in [0.717, 1.165) is 30.8 Å². The van der Waals surface area contributed by atoms with Gasteiger partial charge >= 0.3 is 0 Å². The lowest BCUT2D eigenvalue weighted by molar-refractivity contribution is 0.321. The second-order valence-corrected chi connectivity index (χ2v) is 5.73. The van der Waals surface area contributed by atoms with Crippen LogP contribution in [0.4, 0.5) is 0 Å². The molecule has 2 fully saturated rings. The van der Waals surface area contributed by atoms with E-state index in [4.69, 9.17) is 0 Å². The summed E-state index contributed by atoms with van der Waals surface area (Å²) in [6.45, 7) is 3.12. The quantitative estimate of drug-likeness (QED) is 0.446. The Morgan fingerprint density at radius 3 is 2.86 bits per heavy atom. The van der Waals surface area contributed by atoms with Crippen molar-refractivity contribution in [2.75, 3.05) is 20.1 Å². The molecule has 21 heavy (non-hydrogen) atoms. The van der Waals surface area contributed by atoms with Crippen LogP contribution in [-0.2, 0) is 13.6 Å². The number of likely N-dealkylation sites (tertiary alicyclic amines) is 1. The Labute approximate surface area is 143 Å². The predicted molar refractivity (Wildman–Crippen MR) is 95.0 cm³/mol. The third-order valence-corrected chi connectivity index (χ3v) is 4.21. The van der Waals surface area contributed by atoms with Gasteiger partial charge in [0, 0.05) is 45.5 Å². The summed E-state index contributed by atoms with van der Waals surface area (Å²) in [5, 5.41) is 11.1. The fourth-order valence-corrected chi connectivity index (χ4v) is 2.81. The number of guanidine groups is 1. The minimum Gasteiger partial charge on any atom is -0.352 e. The summed E-state index contributed by atoms with van der Waals surface area (Å²) in [5.74, 6) is 0.883. The van der Waals surface area contributed by atoms with Gasteiger partial charge in [0.15, 0.2) is 5.96 Å². The van der Waals surface area contributed by atoms with Crippen molar-refractivity contribution >= 4 is 29.9 Å². The summed E-state index contributed by atoms with van der Waals surface area (Å²) in [6.07, 6.45) is 5.81. The maximum absolute atomic E-state index is 4.31. The van der Waals surface area contributed by atoms with Gasteiger partial charge in [0.25, 0.3) is 0 Å². The van der Waals surface area contributed by atoms with Gasteiger partial charge < -0.3 is 10.6 Å². The Balaban J connectivity index is 0.00000161. The number of nitrogens with zero attached hydrogens (tertiary/aromatic N) is 4. The molecule has 1 saturated heterocycles. The zero-order valence-electron chi connectivity index (χ0n) is 12.7. The molecule has 2 aliphatic rings. The van der Waals surface area contributed by atoms with Crippen molar-refractivity contribution in [2.45, 2.75) is 37.9 Å². The number of halogens is 1. The van der Waals surface area contributed by atoms with E-state index in [9.17, 15) is 0 Å². The van der Waals surface area contributed by atoms with E-state index >= 15 is 0 Å². The highest BCUT2D eigenvalue weighted by Crippen LogP contribution is 2.29. The van der Waals surface area contributed by atoms with E-state index in [0.29, 0.717) is 6.04 Å². The van der Waals surface area contributed by atoms with Crippen LogP contribution in [0.3, 0.4) is 0 Å². The molecular formula is C14H25IN6. The lowest BCUT2D eigenvalue weighted by Crippen LogP contribution is -2.44. The minimum atomic E-state index is 0. The van der Waals surface area contributed by atoms with E-state index in [1.807, 2.05) is 31.0 Å². The van der Waals surface area contributed by atoms with Crippen molar-refractivity contribution in [1.82, 2.24) is 25.3 Å². The first-order valence-corrected chi connectivity index (χ1v) is 7.44. The molecule has 1 aliphatic carbocycles. The molecule has 0 radical (unpaired) electrons. The zero-order valence-corrected chi connectivity index (χ0v) is 15.1. The second kappa shape index (κ2) is 7.44. The number of rotatable bonds is 4. The average Bonchev–Trinajstić information content (AvgIpc) is 3.07. The summed E-state index contributed by atoms with van der Waals surface area (Å²) in [6, 6.07) is 3.41. The minimum absolute atomic E-state index is 0. The van der Waals surface area contributed by atoms with Crippen LogP contribution in [-0.4, -0.2) is 52.9 Å². The molecule has 0 spiro atoms. The first-order valence-electron chi connectivity index (χ1n) is 7.44. The molecule has 118 valence electrons. The predicted octanol–water partition coefficient (Wildman–Crippen LogP) is 0.940. The monoisotopic (exact) mass is 404 g/mol. The van der Waals surface area contributed by atoms with Crippen molar-refractivity contribution in [1.29, 1.82) is 0 Å². The van der Waals surface area contributed by atoms with Gasteiger partial charge in [-0.05, 0) is 25.3 Å². The van der Waals surface area contributed by atoms with Crippen LogP contribution < -0.4 is 10.6 Å². The van der Waals surface area contributed by atoms with E-state index < -0.39 is 0 Å². The van der Waals surface area contributed by atoms with E-state index in [1.165, 1.54) is 25.8 Å². The van der Waals surface area contributed by atoms with Gasteiger partial charge in [0.1, 0.15) is 0 Å². The summed E-state index contributed by atoms with van der Waals surface area (Å²) >= 11 is 0. The molecule has 0 amide bonds. The Morgan fingerprint density at radius 1 is 1.43 bits per heavy atom. The lowest BCUT2D eigenvalue weighted by atomic mass is 10.3. The van der Waals surface area contributed by atoms with Gasteiger partial charge in [-0.15, -0.1) is 24.0 Å². The molecule has 1 aliphatic heterocycles. The molecule has 0 aromatic carbocycles. The van der Waals surface area contributed by atoms with E-state index in [2.05, 4.69) is 25.6 Å². The Hall–Kier alpha value is -0.830. The van der Waals surface area contributed by atoms with Crippen molar-refractivity contribution in [3.05, 3.63) is 18.0 Å². The Morgan fingerprint density at radius 2 is 2.24 bits per heavy atom. The summed E-state index contributed by atoms with van der Waals surface area (Å²) in [5.41, 5.74) is 1.15. The molecule has 2 N–H and O–H groups in total. The van der Waals surface area contributed by atoms with Crippen molar-refractivity contribution in [2.24, 2.45) is 12.0 Å². The van der Waals surface area contributed by atoms with Crippen molar-refractivity contribution in [3.8, 4) is 0 Å². The van der Waals surface area contributed by atoms with Crippen LogP contribution in [0, 0.1) is 0 Å². The Kier molecular flexibility index (Phi) is 5.86. The van der Waals surface area contributed by atoms with Crippen LogP contribution in [0.1, 0.15) is 25.0 Å². The maximum atomic E-state index is 4.31. The van der Waals surface area contributed by atoms with Gasteiger partial charge in [0.2, 0.25) is 0 Å². The largest absolute Gasteiger partial charge is 0.352 e. The molecule has 3 rings (SSSR count). The molecule has 6 nitrogen and oxygen atoms in total. The van der Waals surface area contributed by atoms with Gasteiger partial charge in [-0.2, -0.15) is 5.10 Å². The summed E-state index contributed by atoms with van der Waals surface area (Å²) in [4.78, 5) is 6.92. The molecule has 1 unspecified atom stereocenters. The van der Waals surface area contributed by atoms with Crippen molar-refractivity contribution < 1.29 is 0 Å². The second-order valence-electron chi connectivity index (χ2n) is 5.73. The highest BCUT2D eigenvalue weighted by Gasteiger charge is 2.34. The fraction of sp³-hybridized carbons (Fsp3) is 0.714. The van der Waals surface area contributed by atoms with Crippen LogP contribution in [0.25, 0.3) is 0 Å². The van der Waals surface area contributed by atoms with Gasteiger partial charge in [-0.1, -0.05) is 0 Å². The third-order valence-electron chi connectivity index (χ3n) is 4.21. The molecule has 1 saturated carbocycles. The first kappa shape index (κ1) is 16.5. The third kappa shape index (κ3) is 4.32. The number of aliphatic imine (C=N–C) groups is 1. The topological polar surface area (TPSA) is 57.5 Å². The lowest BCUT2D eigenvalue weighted by Gasteiger charge is -2.18. The van der Waals surface area contributed by atoms with Crippen LogP contribution >= 0.6 is 24.0 Å². The molecule has 1 atom stereocenters. The number of hydrogen-bond donors (Lipinski definition) is 2. The zero-order chi connectivity index (χ0) is 13.9. The fourth-order valence-electron chi connectivity index (χ4n) is 2.81. The maximum Gasteiger partial charge on any atom is 0.191 e. The van der Waals surface area contributed by atoms with Gasteiger partial charge in [-0.25, -0.2) is 0 Å². The highest BCUT2D eigenvalue weighted by molar-refractivity contribution is 14.0. The van der Waals surface area contributed by atoms with Crippen LogP contribution in [0.15, 0.2) is 17.3 Å². The molecule has 0 bridgehead atoms. The van der Waals surface area contributed by atoms with Gasteiger partial charge in [-0.3, -0.25) is 14.6 Å². The smallest absolute Gasteiger partial charge is 0.191 e. The average molecular weight is 404 g/mol. The SMILES string of the molecule is CN=C(NCc1ccnn1C)NC1CCN(C2CC2)C1.I. The first-order chi connectivity index (χ1) is 9.76.